The number of hydrogen-bond donors (Lipinski definition) is 0. The molecule has 0 aliphatic rings. The minimum Gasteiger partial charge on any atom is -0.298 e. The third kappa shape index (κ3) is 16.9. The highest BCUT2D eigenvalue weighted by atomic mass is 16.1. The molecule has 0 aromatic heterocycles. The lowest BCUT2D eigenvalue weighted by atomic mass is 10.1. The summed E-state index contributed by atoms with van der Waals surface area (Å²) in [5, 5.41) is 0. The van der Waals surface area contributed by atoms with Gasteiger partial charge in [-0.25, -0.2) is 0 Å². The van der Waals surface area contributed by atoms with Gasteiger partial charge in [0.05, 0.1) is 0 Å². The fourth-order valence-electron chi connectivity index (χ4n) is 2.36. The summed E-state index contributed by atoms with van der Waals surface area (Å²) in [6, 6.07) is 0. The number of unbranched alkanes of at least 4 members (excludes halogenated alkanes) is 9. The largest absolute Gasteiger partial charge is 0.298 e. The first-order chi connectivity index (χ1) is 10.8. The van der Waals surface area contributed by atoms with E-state index in [0.717, 1.165) is 31.1 Å². The molecule has 0 unspecified atom stereocenters. The lowest BCUT2D eigenvalue weighted by molar-refractivity contribution is -0.104. The van der Waals surface area contributed by atoms with E-state index < -0.39 is 0 Å². The summed E-state index contributed by atoms with van der Waals surface area (Å²) in [5.74, 6) is 0. The van der Waals surface area contributed by atoms with Crippen LogP contribution in [0, 0.1) is 0 Å². The van der Waals surface area contributed by atoms with Crippen molar-refractivity contribution in [2.75, 3.05) is 0 Å². The molecule has 0 aromatic rings. The molecule has 0 spiro atoms. The molecular formula is C21H36O. The van der Waals surface area contributed by atoms with Gasteiger partial charge in [0.15, 0.2) is 0 Å². The molecule has 0 aliphatic carbocycles. The summed E-state index contributed by atoms with van der Waals surface area (Å²) in [7, 11) is 0. The Balaban J connectivity index is 3.28. The van der Waals surface area contributed by atoms with Crippen molar-refractivity contribution < 1.29 is 4.79 Å². The zero-order valence-corrected chi connectivity index (χ0v) is 14.9. The molecule has 0 aliphatic heterocycles. The van der Waals surface area contributed by atoms with Crippen molar-refractivity contribution in [3.05, 3.63) is 36.0 Å². The molecule has 126 valence electrons. The summed E-state index contributed by atoms with van der Waals surface area (Å²) < 4.78 is 0. The van der Waals surface area contributed by atoms with Crippen molar-refractivity contribution >= 4 is 6.29 Å². The standard InChI is InChI=1S/C21H36O/c1-3-4-5-6-7-8-9-10-11-12-13-14-15-16-17-18-19-21(2)20-22/h12-13,15-16,19-20H,3-11,14,17-18H2,1-2H3. The van der Waals surface area contributed by atoms with E-state index in [-0.39, 0.29) is 0 Å². The Morgan fingerprint density at radius 1 is 0.727 bits per heavy atom. The summed E-state index contributed by atoms with van der Waals surface area (Å²) in [6.07, 6.45) is 27.3. The van der Waals surface area contributed by atoms with Gasteiger partial charge in [0, 0.05) is 0 Å². The van der Waals surface area contributed by atoms with E-state index >= 15 is 0 Å². The van der Waals surface area contributed by atoms with Crippen molar-refractivity contribution in [3.63, 3.8) is 0 Å². The molecule has 0 radical (unpaired) electrons. The quantitative estimate of drug-likeness (QED) is 0.138. The Bertz CT molecular complexity index is 323. The maximum atomic E-state index is 10.4. The van der Waals surface area contributed by atoms with Crippen LogP contribution in [0.1, 0.15) is 90.9 Å². The van der Waals surface area contributed by atoms with Gasteiger partial charge >= 0.3 is 0 Å². The maximum absolute atomic E-state index is 10.4. The first-order valence-corrected chi connectivity index (χ1v) is 9.23. The van der Waals surface area contributed by atoms with Gasteiger partial charge in [-0.15, -0.1) is 0 Å². The van der Waals surface area contributed by atoms with Gasteiger partial charge in [0.25, 0.3) is 0 Å². The number of hydrogen-bond acceptors (Lipinski definition) is 1. The smallest absolute Gasteiger partial charge is 0.145 e. The second kappa shape index (κ2) is 17.9. The second-order valence-electron chi connectivity index (χ2n) is 6.09. The lowest BCUT2D eigenvalue weighted by Crippen LogP contribution is -1.79. The highest BCUT2D eigenvalue weighted by Gasteiger charge is 1.90. The minimum atomic E-state index is 0.832. The van der Waals surface area contributed by atoms with Crippen LogP contribution in [-0.4, -0.2) is 6.29 Å². The molecule has 1 nitrogen and oxygen atoms in total. The van der Waals surface area contributed by atoms with Crippen molar-refractivity contribution in [1.29, 1.82) is 0 Å². The van der Waals surface area contributed by atoms with E-state index in [9.17, 15) is 4.79 Å². The molecular weight excluding hydrogens is 268 g/mol. The number of carbonyl (C=O) groups excluding carboxylic acids is 1. The van der Waals surface area contributed by atoms with E-state index in [4.69, 9.17) is 0 Å². The van der Waals surface area contributed by atoms with Crippen molar-refractivity contribution in [2.45, 2.75) is 90.9 Å². The molecule has 0 atom stereocenters. The van der Waals surface area contributed by atoms with Crippen molar-refractivity contribution in [2.24, 2.45) is 0 Å². The van der Waals surface area contributed by atoms with Gasteiger partial charge in [-0.1, -0.05) is 82.2 Å². The predicted octanol–water partition coefficient (Wildman–Crippen LogP) is 6.95. The second-order valence-corrected chi connectivity index (χ2v) is 6.09. The number of allylic oxidation sites excluding steroid dienone is 6. The Hall–Kier alpha value is -1.11. The van der Waals surface area contributed by atoms with Crippen LogP contribution in [0.2, 0.25) is 0 Å². The third-order valence-corrected chi connectivity index (χ3v) is 3.82. The average Bonchev–Trinajstić information content (AvgIpc) is 2.54. The molecule has 0 amide bonds. The summed E-state index contributed by atoms with van der Waals surface area (Å²) >= 11 is 0. The van der Waals surface area contributed by atoms with Gasteiger partial charge < -0.3 is 0 Å². The van der Waals surface area contributed by atoms with Crippen molar-refractivity contribution in [3.8, 4) is 0 Å². The Labute approximate surface area is 138 Å². The molecule has 0 rings (SSSR count). The van der Waals surface area contributed by atoms with Crippen LogP contribution in [0.15, 0.2) is 36.0 Å². The summed E-state index contributed by atoms with van der Waals surface area (Å²) in [4.78, 5) is 10.4. The topological polar surface area (TPSA) is 17.1 Å². The molecule has 0 bridgehead atoms. The first kappa shape index (κ1) is 20.9. The highest BCUT2D eigenvalue weighted by Crippen LogP contribution is 2.09. The lowest BCUT2D eigenvalue weighted by Gasteiger charge is -1.99. The van der Waals surface area contributed by atoms with Crippen LogP contribution in [0.3, 0.4) is 0 Å². The van der Waals surface area contributed by atoms with Crippen LogP contribution >= 0.6 is 0 Å². The van der Waals surface area contributed by atoms with Gasteiger partial charge in [0.2, 0.25) is 0 Å². The molecule has 0 N–H and O–H groups in total. The fraction of sp³-hybridized carbons (Fsp3) is 0.667. The normalized spacial score (nSPS) is 12.5. The minimum absolute atomic E-state index is 0.832. The maximum Gasteiger partial charge on any atom is 0.145 e. The van der Waals surface area contributed by atoms with Gasteiger partial charge in [-0.05, 0) is 44.6 Å². The van der Waals surface area contributed by atoms with Crippen LogP contribution in [0.4, 0.5) is 0 Å². The molecule has 0 aromatic carbocycles. The van der Waals surface area contributed by atoms with E-state index in [0.29, 0.717) is 0 Å². The molecule has 0 saturated heterocycles. The first-order valence-electron chi connectivity index (χ1n) is 9.23. The monoisotopic (exact) mass is 304 g/mol. The molecule has 22 heavy (non-hydrogen) atoms. The molecule has 0 heterocycles. The Kier molecular flexibility index (Phi) is 17.0. The highest BCUT2D eigenvalue weighted by molar-refractivity contribution is 5.71. The Morgan fingerprint density at radius 3 is 1.95 bits per heavy atom. The number of aldehydes is 1. The fourth-order valence-corrected chi connectivity index (χ4v) is 2.36. The van der Waals surface area contributed by atoms with Crippen molar-refractivity contribution in [1.82, 2.24) is 0 Å². The van der Waals surface area contributed by atoms with E-state index in [1.165, 1.54) is 57.8 Å². The van der Waals surface area contributed by atoms with Gasteiger partial charge in [-0.3, -0.25) is 4.79 Å². The van der Waals surface area contributed by atoms with E-state index in [2.05, 4.69) is 31.2 Å². The zero-order chi connectivity index (χ0) is 16.3. The zero-order valence-electron chi connectivity index (χ0n) is 14.9. The van der Waals surface area contributed by atoms with Crippen LogP contribution in [0.25, 0.3) is 0 Å². The number of rotatable bonds is 15. The molecule has 0 saturated carbocycles. The third-order valence-electron chi connectivity index (χ3n) is 3.82. The average molecular weight is 305 g/mol. The van der Waals surface area contributed by atoms with E-state index in [1.807, 2.05) is 13.0 Å². The van der Waals surface area contributed by atoms with Crippen LogP contribution < -0.4 is 0 Å². The SMILES string of the molecule is CCCCCCCCCCC=CCC=CCCC=C(C)C=O. The molecule has 0 fully saturated rings. The van der Waals surface area contributed by atoms with Gasteiger partial charge in [0.1, 0.15) is 6.29 Å². The Morgan fingerprint density at radius 2 is 1.32 bits per heavy atom. The van der Waals surface area contributed by atoms with Gasteiger partial charge in [-0.2, -0.15) is 0 Å². The van der Waals surface area contributed by atoms with Crippen LogP contribution in [0.5, 0.6) is 0 Å². The number of carbonyl (C=O) groups is 1. The summed E-state index contributed by atoms with van der Waals surface area (Å²) in [6.45, 7) is 4.12. The summed E-state index contributed by atoms with van der Waals surface area (Å²) in [5.41, 5.74) is 0.832. The predicted molar refractivity (Wildman–Crippen MR) is 99.2 cm³/mol. The van der Waals surface area contributed by atoms with E-state index in [1.54, 1.807) is 0 Å². The van der Waals surface area contributed by atoms with Crippen LogP contribution in [-0.2, 0) is 4.79 Å². The molecule has 1 heteroatoms.